The molecule has 2 aromatic carbocycles. The lowest BCUT2D eigenvalue weighted by Gasteiger charge is -2.10. The number of hydrogen-bond acceptors (Lipinski definition) is 5. The Balaban J connectivity index is 1.49. The summed E-state index contributed by atoms with van der Waals surface area (Å²) in [7, 11) is 0. The molecule has 2 aromatic rings. The summed E-state index contributed by atoms with van der Waals surface area (Å²) in [6, 6.07) is 15.7. The van der Waals surface area contributed by atoms with E-state index in [2.05, 4.69) is 0 Å². The molecule has 1 saturated heterocycles. The molecule has 1 atom stereocenters. The standard InChI is InChI=1S/C20H20O5/c21-19(13-15-5-2-1-3-6-15)25-17-10-8-16(9-11-17)20(22)24-14-18-7-4-12-23-18/h1-3,5-6,8-11,18H,4,7,12-14H2. The first-order valence-corrected chi connectivity index (χ1v) is 8.34. The van der Waals surface area contributed by atoms with Gasteiger partial charge in [0.15, 0.2) is 0 Å². The molecule has 25 heavy (non-hydrogen) atoms. The van der Waals surface area contributed by atoms with Gasteiger partial charge in [-0.2, -0.15) is 0 Å². The lowest BCUT2D eigenvalue weighted by atomic mass is 10.1. The highest BCUT2D eigenvalue weighted by Crippen LogP contribution is 2.16. The van der Waals surface area contributed by atoms with Crippen molar-refractivity contribution in [2.45, 2.75) is 25.4 Å². The van der Waals surface area contributed by atoms with E-state index in [0.29, 0.717) is 11.3 Å². The minimum absolute atomic E-state index is 0.00200. The fourth-order valence-corrected chi connectivity index (χ4v) is 2.62. The second-order valence-electron chi connectivity index (χ2n) is 5.89. The fourth-order valence-electron chi connectivity index (χ4n) is 2.62. The Morgan fingerprint density at radius 1 is 1.04 bits per heavy atom. The predicted octanol–water partition coefficient (Wildman–Crippen LogP) is 3.17. The van der Waals surface area contributed by atoms with Gasteiger partial charge in [0.2, 0.25) is 0 Å². The van der Waals surface area contributed by atoms with Crippen LogP contribution in [0.15, 0.2) is 54.6 Å². The first-order valence-electron chi connectivity index (χ1n) is 8.34. The zero-order chi connectivity index (χ0) is 17.5. The van der Waals surface area contributed by atoms with Gasteiger partial charge < -0.3 is 14.2 Å². The van der Waals surface area contributed by atoms with Gasteiger partial charge in [-0.3, -0.25) is 4.79 Å². The third-order valence-corrected chi connectivity index (χ3v) is 3.94. The molecule has 3 rings (SSSR count). The van der Waals surface area contributed by atoms with E-state index in [9.17, 15) is 9.59 Å². The van der Waals surface area contributed by atoms with Crippen molar-refractivity contribution in [2.75, 3.05) is 13.2 Å². The van der Waals surface area contributed by atoms with Crippen molar-refractivity contribution in [3.8, 4) is 5.75 Å². The van der Waals surface area contributed by atoms with Gasteiger partial charge in [0.05, 0.1) is 18.1 Å². The summed E-state index contributed by atoms with van der Waals surface area (Å²) >= 11 is 0. The zero-order valence-electron chi connectivity index (χ0n) is 13.9. The molecule has 5 nitrogen and oxygen atoms in total. The Morgan fingerprint density at radius 2 is 1.80 bits per heavy atom. The molecule has 0 spiro atoms. The van der Waals surface area contributed by atoms with Gasteiger partial charge in [-0.15, -0.1) is 0 Å². The van der Waals surface area contributed by atoms with Crippen molar-refractivity contribution in [3.05, 3.63) is 65.7 Å². The van der Waals surface area contributed by atoms with Gasteiger partial charge in [-0.05, 0) is 42.7 Å². The van der Waals surface area contributed by atoms with Crippen LogP contribution in [0.4, 0.5) is 0 Å². The van der Waals surface area contributed by atoms with Gasteiger partial charge in [-0.1, -0.05) is 30.3 Å². The summed E-state index contributed by atoms with van der Waals surface area (Å²) in [5.74, 6) is -0.353. The van der Waals surface area contributed by atoms with Gasteiger partial charge in [0.1, 0.15) is 12.4 Å². The zero-order valence-corrected chi connectivity index (χ0v) is 13.9. The number of carbonyl (C=O) groups excluding carboxylic acids is 2. The number of esters is 2. The maximum atomic E-state index is 12.0. The van der Waals surface area contributed by atoms with Crippen LogP contribution in [0.5, 0.6) is 5.75 Å². The molecule has 0 radical (unpaired) electrons. The van der Waals surface area contributed by atoms with Gasteiger partial charge in [0.25, 0.3) is 0 Å². The first-order chi connectivity index (χ1) is 12.2. The summed E-state index contributed by atoms with van der Waals surface area (Å²) in [5, 5.41) is 0. The normalized spacial score (nSPS) is 16.4. The van der Waals surface area contributed by atoms with Crippen molar-refractivity contribution in [2.24, 2.45) is 0 Å². The maximum Gasteiger partial charge on any atom is 0.338 e. The van der Waals surface area contributed by atoms with Crippen LogP contribution < -0.4 is 4.74 Å². The lowest BCUT2D eigenvalue weighted by molar-refractivity contribution is -0.133. The van der Waals surface area contributed by atoms with E-state index < -0.39 is 5.97 Å². The van der Waals surface area contributed by atoms with E-state index in [0.717, 1.165) is 25.0 Å². The van der Waals surface area contributed by atoms with Gasteiger partial charge >= 0.3 is 11.9 Å². The van der Waals surface area contributed by atoms with E-state index in [4.69, 9.17) is 14.2 Å². The quantitative estimate of drug-likeness (QED) is 0.597. The van der Waals surface area contributed by atoms with E-state index >= 15 is 0 Å². The number of benzene rings is 2. The third kappa shape index (κ3) is 5.16. The van der Waals surface area contributed by atoms with Crippen LogP contribution in [0.25, 0.3) is 0 Å². The molecule has 1 heterocycles. The molecule has 1 aliphatic heterocycles. The number of rotatable bonds is 6. The topological polar surface area (TPSA) is 61.8 Å². The van der Waals surface area contributed by atoms with Crippen molar-refractivity contribution >= 4 is 11.9 Å². The predicted molar refractivity (Wildman–Crippen MR) is 91.5 cm³/mol. The Bertz CT molecular complexity index is 703. The fraction of sp³-hybridized carbons (Fsp3) is 0.300. The summed E-state index contributed by atoms with van der Waals surface area (Å²) in [4.78, 5) is 23.9. The van der Waals surface area contributed by atoms with Gasteiger partial charge in [0, 0.05) is 6.61 Å². The highest BCUT2D eigenvalue weighted by molar-refractivity contribution is 5.89. The van der Waals surface area contributed by atoms with Crippen LogP contribution in [0.3, 0.4) is 0 Å². The van der Waals surface area contributed by atoms with Crippen LogP contribution >= 0.6 is 0 Å². The van der Waals surface area contributed by atoms with Crippen LogP contribution in [0.1, 0.15) is 28.8 Å². The summed E-state index contributed by atoms with van der Waals surface area (Å²) in [6.07, 6.45) is 2.13. The van der Waals surface area contributed by atoms with E-state index in [1.807, 2.05) is 30.3 Å². The van der Waals surface area contributed by atoms with Gasteiger partial charge in [-0.25, -0.2) is 4.79 Å². The molecule has 1 unspecified atom stereocenters. The SMILES string of the molecule is O=C(Cc1ccccc1)Oc1ccc(C(=O)OCC2CCCO2)cc1. The minimum atomic E-state index is -0.405. The molecule has 0 saturated carbocycles. The largest absolute Gasteiger partial charge is 0.459 e. The molecular formula is C20H20O5. The second kappa shape index (κ2) is 8.44. The molecule has 130 valence electrons. The number of ether oxygens (including phenoxy) is 3. The highest BCUT2D eigenvalue weighted by atomic mass is 16.6. The average molecular weight is 340 g/mol. The maximum absolute atomic E-state index is 12.0. The Kier molecular flexibility index (Phi) is 5.80. The molecule has 5 heteroatoms. The van der Waals surface area contributed by atoms with Crippen molar-refractivity contribution < 1.29 is 23.8 Å². The molecular weight excluding hydrogens is 320 g/mol. The Morgan fingerprint density at radius 3 is 2.48 bits per heavy atom. The van der Waals surface area contributed by atoms with Crippen LogP contribution in [0, 0.1) is 0 Å². The number of hydrogen-bond donors (Lipinski definition) is 0. The molecule has 1 fully saturated rings. The van der Waals surface area contributed by atoms with Crippen molar-refractivity contribution in [1.29, 1.82) is 0 Å². The van der Waals surface area contributed by atoms with E-state index in [1.54, 1.807) is 24.3 Å². The number of carbonyl (C=O) groups is 2. The van der Waals surface area contributed by atoms with Crippen LogP contribution in [-0.4, -0.2) is 31.3 Å². The van der Waals surface area contributed by atoms with Crippen LogP contribution in [0.2, 0.25) is 0 Å². The molecule has 0 aromatic heterocycles. The minimum Gasteiger partial charge on any atom is -0.459 e. The molecule has 0 amide bonds. The first kappa shape index (κ1) is 17.2. The highest BCUT2D eigenvalue weighted by Gasteiger charge is 2.18. The monoisotopic (exact) mass is 340 g/mol. The summed E-state index contributed by atoms with van der Waals surface area (Å²) in [6.45, 7) is 0.998. The second-order valence-corrected chi connectivity index (χ2v) is 5.89. The van der Waals surface area contributed by atoms with Crippen molar-refractivity contribution in [1.82, 2.24) is 0 Å². The van der Waals surface area contributed by atoms with E-state index in [1.165, 1.54) is 0 Å². The molecule has 0 N–H and O–H groups in total. The average Bonchev–Trinajstić information content (AvgIpc) is 3.14. The molecule has 0 bridgehead atoms. The summed E-state index contributed by atoms with van der Waals surface area (Å²) in [5.41, 5.74) is 1.31. The van der Waals surface area contributed by atoms with Crippen molar-refractivity contribution in [3.63, 3.8) is 0 Å². The van der Waals surface area contributed by atoms with E-state index in [-0.39, 0.29) is 25.1 Å². The third-order valence-electron chi connectivity index (χ3n) is 3.94. The Hall–Kier alpha value is -2.66. The Labute approximate surface area is 146 Å². The van der Waals surface area contributed by atoms with Crippen LogP contribution in [-0.2, 0) is 20.7 Å². The summed E-state index contributed by atoms with van der Waals surface area (Å²) < 4.78 is 15.9. The smallest absolute Gasteiger partial charge is 0.338 e. The molecule has 0 aliphatic carbocycles. The lowest BCUT2D eigenvalue weighted by Crippen LogP contribution is -2.17. The molecule has 1 aliphatic rings.